The predicted octanol–water partition coefficient (Wildman–Crippen LogP) is 5.10. The van der Waals surface area contributed by atoms with Gasteiger partial charge in [-0.15, -0.1) is 11.3 Å². The maximum atomic E-state index is 12.4. The van der Waals surface area contributed by atoms with Crippen LogP contribution < -0.4 is 5.32 Å². The molecule has 2 aromatic carbocycles. The number of rotatable bonds is 5. The molecule has 0 saturated heterocycles. The molecule has 0 unspecified atom stereocenters. The Bertz CT molecular complexity index is 1100. The van der Waals surface area contributed by atoms with E-state index in [0.29, 0.717) is 22.9 Å². The van der Waals surface area contributed by atoms with E-state index in [0.717, 1.165) is 21.0 Å². The minimum Gasteiger partial charge on any atom is -0.298 e. The summed E-state index contributed by atoms with van der Waals surface area (Å²) in [5.41, 5.74) is 2.30. The first-order chi connectivity index (χ1) is 13.7. The lowest BCUT2D eigenvalue weighted by Crippen LogP contribution is -2.12. The Labute approximate surface area is 171 Å². The molecule has 7 heteroatoms. The average Bonchev–Trinajstić information content (AvgIpc) is 3.17. The van der Waals surface area contributed by atoms with Crippen molar-refractivity contribution in [3.63, 3.8) is 0 Å². The van der Waals surface area contributed by atoms with Crippen molar-refractivity contribution in [2.45, 2.75) is 6.42 Å². The van der Waals surface area contributed by atoms with Gasteiger partial charge < -0.3 is 0 Å². The molecule has 138 valence electrons. The second kappa shape index (κ2) is 8.29. The van der Waals surface area contributed by atoms with Gasteiger partial charge in [-0.2, -0.15) is 0 Å². The molecule has 0 spiro atoms. The van der Waals surface area contributed by atoms with Gasteiger partial charge in [0.15, 0.2) is 11.0 Å². The Kier molecular flexibility index (Phi) is 5.41. The zero-order valence-corrected chi connectivity index (χ0v) is 16.2. The molecule has 0 radical (unpaired) electrons. The summed E-state index contributed by atoms with van der Waals surface area (Å²) in [7, 11) is 0. The number of aromatic nitrogens is 3. The third kappa shape index (κ3) is 4.24. The SMILES string of the molecule is O=C(Nc1ncc(Cc2ccccc2Cl)s1)c1cnc(-c2ccccc2)nc1. The van der Waals surface area contributed by atoms with Crippen LogP contribution in [0.3, 0.4) is 0 Å². The average molecular weight is 407 g/mol. The van der Waals surface area contributed by atoms with Gasteiger partial charge in [0.05, 0.1) is 5.56 Å². The van der Waals surface area contributed by atoms with Crippen molar-refractivity contribution >= 4 is 34.0 Å². The molecular weight excluding hydrogens is 392 g/mol. The first-order valence-electron chi connectivity index (χ1n) is 8.56. The molecule has 5 nitrogen and oxygen atoms in total. The molecular formula is C21H15ClN4OS. The lowest BCUT2D eigenvalue weighted by atomic mass is 10.1. The highest BCUT2D eigenvalue weighted by molar-refractivity contribution is 7.15. The molecule has 0 saturated carbocycles. The number of benzene rings is 2. The molecule has 0 atom stereocenters. The number of thiazole rings is 1. The summed E-state index contributed by atoms with van der Waals surface area (Å²) in [5.74, 6) is 0.284. The van der Waals surface area contributed by atoms with Gasteiger partial charge in [0.2, 0.25) is 0 Å². The van der Waals surface area contributed by atoms with E-state index in [-0.39, 0.29) is 5.91 Å². The zero-order valence-electron chi connectivity index (χ0n) is 14.7. The Morgan fingerprint density at radius 3 is 2.39 bits per heavy atom. The van der Waals surface area contributed by atoms with E-state index in [2.05, 4.69) is 20.3 Å². The monoisotopic (exact) mass is 406 g/mol. The minimum absolute atomic E-state index is 0.293. The second-order valence-corrected chi connectivity index (χ2v) is 7.54. The van der Waals surface area contributed by atoms with Crippen LogP contribution in [0, 0.1) is 0 Å². The van der Waals surface area contributed by atoms with Crippen molar-refractivity contribution in [1.82, 2.24) is 15.0 Å². The molecule has 0 aliphatic rings. The van der Waals surface area contributed by atoms with Gasteiger partial charge in [-0.1, -0.05) is 60.1 Å². The Morgan fingerprint density at radius 2 is 1.64 bits per heavy atom. The Morgan fingerprint density at radius 1 is 0.929 bits per heavy atom. The number of carbonyl (C=O) groups excluding carboxylic acids is 1. The molecule has 0 fully saturated rings. The number of anilines is 1. The van der Waals surface area contributed by atoms with Gasteiger partial charge in [-0.3, -0.25) is 10.1 Å². The number of carbonyl (C=O) groups is 1. The van der Waals surface area contributed by atoms with E-state index >= 15 is 0 Å². The summed E-state index contributed by atoms with van der Waals surface area (Å²) >= 11 is 7.62. The third-order valence-corrected chi connectivity index (χ3v) is 5.32. The van der Waals surface area contributed by atoms with Gasteiger partial charge in [0.1, 0.15) is 0 Å². The van der Waals surface area contributed by atoms with Gasteiger partial charge in [-0.05, 0) is 11.6 Å². The molecule has 0 aliphatic heterocycles. The van der Waals surface area contributed by atoms with Crippen LogP contribution in [0.5, 0.6) is 0 Å². The van der Waals surface area contributed by atoms with Gasteiger partial charge >= 0.3 is 0 Å². The summed E-state index contributed by atoms with van der Waals surface area (Å²) in [5, 5.41) is 4.04. The third-order valence-electron chi connectivity index (χ3n) is 4.04. The Hall–Kier alpha value is -3.09. The van der Waals surface area contributed by atoms with Gasteiger partial charge in [0.25, 0.3) is 5.91 Å². The van der Waals surface area contributed by atoms with Crippen LogP contribution in [-0.2, 0) is 6.42 Å². The molecule has 2 aromatic heterocycles. The fourth-order valence-electron chi connectivity index (χ4n) is 2.63. The van der Waals surface area contributed by atoms with Gasteiger partial charge in [-0.25, -0.2) is 15.0 Å². The number of nitrogens with one attached hydrogen (secondary N) is 1. The first kappa shape index (κ1) is 18.3. The molecule has 4 aromatic rings. The maximum Gasteiger partial charge on any atom is 0.260 e. The van der Waals surface area contributed by atoms with Crippen molar-refractivity contribution in [2.24, 2.45) is 0 Å². The highest BCUT2D eigenvalue weighted by Gasteiger charge is 2.12. The fourth-order valence-corrected chi connectivity index (χ4v) is 3.66. The van der Waals surface area contributed by atoms with Crippen LogP contribution in [0.2, 0.25) is 5.02 Å². The fraction of sp³-hybridized carbons (Fsp3) is 0.0476. The number of nitrogens with zero attached hydrogens (tertiary/aromatic N) is 3. The van der Waals surface area contributed by atoms with Crippen molar-refractivity contribution < 1.29 is 4.79 Å². The second-order valence-electron chi connectivity index (χ2n) is 6.02. The standard InChI is InChI=1S/C21H15ClN4OS/c22-18-9-5-4-8-15(18)10-17-13-25-21(28-17)26-20(27)16-11-23-19(24-12-16)14-6-2-1-3-7-14/h1-9,11-13H,10H2,(H,25,26,27). The van der Waals surface area contributed by atoms with Crippen LogP contribution in [0.1, 0.15) is 20.8 Å². The highest BCUT2D eigenvalue weighted by Crippen LogP contribution is 2.25. The van der Waals surface area contributed by atoms with Crippen molar-refractivity contribution in [3.8, 4) is 11.4 Å². The van der Waals surface area contributed by atoms with E-state index in [9.17, 15) is 4.79 Å². The summed E-state index contributed by atoms with van der Waals surface area (Å²) in [4.78, 5) is 26.3. The van der Waals surface area contributed by atoms with E-state index in [1.165, 1.54) is 23.7 Å². The summed E-state index contributed by atoms with van der Waals surface area (Å²) in [6, 6.07) is 17.3. The van der Waals surface area contributed by atoms with Crippen LogP contribution in [0.4, 0.5) is 5.13 Å². The highest BCUT2D eigenvalue weighted by atomic mass is 35.5. The van der Waals surface area contributed by atoms with Crippen molar-refractivity contribution in [1.29, 1.82) is 0 Å². The van der Waals surface area contributed by atoms with Crippen LogP contribution in [-0.4, -0.2) is 20.9 Å². The van der Waals surface area contributed by atoms with Crippen LogP contribution in [0.25, 0.3) is 11.4 Å². The first-order valence-corrected chi connectivity index (χ1v) is 9.75. The maximum absolute atomic E-state index is 12.4. The predicted molar refractivity (Wildman–Crippen MR) is 112 cm³/mol. The number of amides is 1. The van der Waals surface area contributed by atoms with Crippen LogP contribution >= 0.6 is 22.9 Å². The topological polar surface area (TPSA) is 67.8 Å². The quantitative estimate of drug-likeness (QED) is 0.500. The smallest absolute Gasteiger partial charge is 0.260 e. The summed E-state index contributed by atoms with van der Waals surface area (Å²) in [6.07, 6.45) is 5.45. The lowest BCUT2D eigenvalue weighted by Gasteiger charge is -2.03. The number of hydrogen-bond acceptors (Lipinski definition) is 5. The zero-order chi connectivity index (χ0) is 19.3. The number of hydrogen-bond donors (Lipinski definition) is 1. The number of halogens is 1. The molecule has 2 heterocycles. The summed E-state index contributed by atoms with van der Waals surface area (Å²) < 4.78 is 0. The van der Waals surface area contributed by atoms with Crippen molar-refractivity contribution in [2.75, 3.05) is 5.32 Å². The van der Waals surface area contributed by atoms with E-state index in [1.807, 2.05) is 54.6 Å². The molecule has 0 bridgehead atoms. The van der Waals surface area contributed by atoms with Crippen molar-refractivity contribution in [3.05, 3.63) is 94.2 Å². The Balaban J connectivity index is 1.43. The molecule has 1 amide bonds. The lowest BCUT2D eigenvalue weighted by molar-refractivity contribution is 0.102. The molecule has 0 aliphatic carbocycles. The minimum atomic E-state index is -0.293. The summed E-state index contributed by atoms with van der Waals surface area (Å²) in [6.45, 7) is 0. The molecule has 28 heavy (non-hydrogen) atoms. The van der Waals surface area contributed by atoms with E-state index in [1.54, 1.807) is 6.20 Å². The van der Waals surface area contributed by atoms with Crippen LogP contribution in [0.15, 0.2) is 73.2 Å². The van der Waals surface area contributed by atoms with E-state index in [4.69, 9.17) is 11.6 Å². The van der Waals surface area contributed by atoms with Gasteiger partial charge in [0, 0.05) is 40.5 Å². The van der Waals surface area contributed by atoms with E-state index < -0.39 is 0 Å². The molecule has 1 N–H and O–H groups in total. The largest absolute Gasteiger partial charge is 0.298 e. The molecule has 4 rings (SSSR count). The normalized spacial score (nSPS) is 10.6.